The quantitative estimate of drug-likeness (QED) is 0.271. The SMILES string of the molecule is COc1cc2c3cc1Oc1c(OC)c(OC)cc4c1C(Cc1ccc(O)c(c1)Oc1ccc(cc1)C(O)C3N(C)CC2)N(C)CC4. The fourth-order valence-corrected chi connectivity index (χ4v) is 7.21. The van der Waals surface area contributed by atoms with Crippen LogP contribution in [0.2, 0.25) is 0 Å². The molecule has 8 rings (SSSR count). The van der Waals surface area contributed by atoms with E-state index in [0.29, 0.717) is 46.7 Å². The summed E-state index contributed by atoms with van der Waals surface area (Å²) in [5.74, 6) is 3.79. The van der Waals surface area contributed by atoms with Crippen LogP contribution in [-0.2, 0) is 19.3 Å². The molecule has 0 amide bonds. The lowest BCUT2D eigenvalue weighted by Crippen LogP contribution is -2.36. The van der Waals surface area contributed by atoms with Gasteiger partial charge in [0.25, 0.3) is 0 Å². The number of phenols is 1. The Morgan fingerprint density at radius 2 is 1.48 bits per heavy atom. The first-order valence-corrected chi connectivity index (χ1v) is 15.6. The number of hydrogen-bond donors (Lipinski definition) is 2. The Labute approximate surface area is 269 Å². The first kappa shape index (κ1) is 30.2. The average molecular weight is 625 g/mol. The minimum Gasteiger partial charge on any atom is -0.504 e. The summed E-state index contributed by atoms with van der Waals surface area (Å²) in [4.78, 5) is 4.49. The van der Waals surface area contributed by atoms with Gasteiger partial charge in [0.15, 0.2) is 34.5 Å². The molecule has 240 valence electrons. The van der Waals surface area contributed by atoms with Gasteiger partial charge in [0.05, 0.1) is 33.5 Å². The number of methoxy groups -OCH3 is 3. The van der Waals surface area contributed by atoms with E-state index in [2.05, 4.69) is 16.8 Å². The Kier molecular flexibility index (Phi) is 7.92. The van der Waals surface area contributed by atoms with Crippen LogP contribution < -0.4 is 23.7 Å². The zero-order chi connectivity index (χ0) is 32.1. The van der Waals surface area contributed by atoms with E-state index in [-0.39, 0.29) is 17.8 Å². The van der Waals surface area contributed by atoms with Crippen molar-refractivity contribution in [1.82, 2.24) is 9.80 Å². The summed E-state index contributed by atoms with van der Waals surface area (Å²) >= 11 is 0. The maximum atomic E-state index is 11.8. The van der Waals surface area contributed by atoms with Crippen LogP contribution in [-0.4, -0.2) is 68.5 Å². The molecular formula is C37H40N2O7. The number of hydrogen-bond acceptors (Lipinski definition) is 9. The van der Waals surface area contributed by atoms with Crippen molar-refractivity contribution in [3.63, 3.8) is 0 Å². The Balaban J connectivity index is 1.48. The lowest BCUT2D eigenvalue weighted by Gasteiger charge is -2.38. The first-order valence-electron chi connectivity index (χ1n) is 15.6. The topological polar surface area (TPSA) is 93.1 Å². The zero-order valence-corrected chi connectivity index (χ0v) is 26.9. The number of ether oxygens (including phenoxy) is 5. The highest BCUT2D eigenvalue weighted by molar-refractivity contribution is 5.64. The summed E-state index contributed by atoms with van der Waals surface area (Å²) in [5.41, 5.74) is 5.94. The number of nitrogens with zero attached hydrogens (tertiary/aromatic N) is 2. The number of rotatable bonds is 3. The molecule has 0 aliphatic carbocycles. The van der Waals surface area contributed by atoms with Gasteiger partial charge in [0, 0.05) is 24.7 Å². The van der Waals surface area contributed by atoms with E-state index in [1.165, 1.54) is 0 Å². The molecule has 46 heavy (non-hydrogen) atoms. The Bertz CT molecular complexity index is 1770. The minimum absolute atomic E-state index is 0.0528. The normalized spacial score (nSPS) is 20.9. The van der Waals surface area contributed by atoms with E-state index in [1.54, 1.807) is 27.4 Å². The van der Waals surface area contributed by atoms with Crippen molar-refractivity contribution in [2.75, 3.05) is 48.5 Å². The number of likely N-dealkylation sites (N-methyl/N-ethyl adjacent to an activating group) is 2. The van der Waals surface area contributed by atoms with Crippen LogP contribution in [0.5, 0.6) is 46.0 Å². The van der Waals surface area contributed by atoms with E-state index in [1.807, 2.05) is 61.6 Å². The molecule has 9 heteroatoms. The minimum atomic E-state index is -0.827. The van der Waals surface area contributed by atoms with E-state index in [9.17, 15) is 10.2 Å². The Morgan fingerprint density at radius 3 is 2.22 bits per heavy atom. The number of aromatic hydroxyl groups is 1. The number of fused-ring (bicyclic) bond motifs is 2. The third-order valence-electron chi connectivity index (χ3n) is 9.72. The van der Waals surface area contributed by atoms with Crippen molar-refractivity contribution in [2.24, 2.45) is 0 Å². The molecule has 0 saturated carbocycles. The second-order valence-corrected chi connectivity index (χ2v) is 12.4. The number of benzene rings is 4. The van der Waals surface area contributed by atoms with Crippen LogP contribution in [0.1, 0.15) is 51.6 Å². The van der Waals surface area contributed by atoms with Crippen molar-refractivity contribution < 1.29 is 33.9 Å². The van der Waals surface area contributed by atoms with Gasteiger partial charge in [-0.3, -0.25) is 9.80 Å². The molecule has 4 aliphatic rings. The maximum Gasteiger partial charge on any atom is 0.204 e. The van der Waals surface area contributed by atoms with Crippen LogP contribution in [0.3, 0.4) is 0 Å². The van der Waals surface area contributed by atoms with Crippen molar-refractivity contribution in [3.8, 4) is 46.0 Å². The summed E-state index contributed by atoms with van der Waals surface area (Å²) in [7, 11) is 9.05. The van der Waals surface area contributed by atoms with Gasteiger partial charge < -0.3 is 33.9 Å². The highest BCUT2D eigenvalue weighted by Crippen LogP contribution is 2.52. The molecule has 0 fully saturated rings. The van der Waals surface area contributed by atoms with Gasteiger partial charge in [-0.1, -0.05) is 18.2 Å². The summed E-state index contributed by atoms with van der Waals surface area (Å²) in [6.45, 7) is 1.62. The summed E-state index contributed by atoms with van der Waals surface area (Å²) < 4.78 is 30.9. The van der Waals surface area contributed by atoms with Crippen LogP contribution in [0.4, 0.5) is 0 Å². The highest BCUT2D eigenvalue weighted by Gasteiger charge is 2.36. The van der Waals surface area contributed by atoms with Gasteiger partial charge in [-0.15, -0.1) is 0 Å². The predicted octanol–water partition coefficient (Wildman–Crippen LogP) is 6.35. The molecule has 0 saturated heterocycles. The third-order valence-corrected chi connectivity index (χ3v) is 9.72. The number of aliphatic hydroxyl groups excluding tert-OH is 1. The molecule has 9 nitrogen and oxygen atoms in total. The van der Waals surface area contributed by atoms with Gasteiger partial charge in [-0.05, 0) is 104 Å². The van der Waals surface area contributed by atoms with Crippen LogP contribution >= 0.6 is 0 Å². The monoisotopic (exact) mass is 624 g/mol. The molecule has 4 aromatic carbocycles. The van der Waals surface area contributed by atoms with Crippen LogP contribution in [0.25, 0.3) is 0 Å². The van der Waals surface area contributed by atoms with Gasteiger partial charge in [-0.2, -0.15) is 0 Å². The molecule has 4 aliphatic heterocycles. The predicted molar refractivity (Wildman–Crippen MR) is 174 cm³/mol. The van der Waals surface area contributed by atoms with Gasteiger partial charge >= 0.3 is 0 Å². The van der Waals surface area contributed by atoms with E-state index in [0.717, 1.165) is 59.3 Å². The summed E-state index contributed by atoms with van der Waals surface area (Å²) in [6.07, 6.45) is 1.42. The van der Waals surface area contributed by atoms with E-state index < -0.39 is 6.10 Å². The second-order valence-electron chi connectivity index (χ2n) is 12.4. The average Bonchev–Trinajstić information content (AvgIpc) is 3.06. The third kappa shape index (κ3) is 5.18. The molecule has 2 N–H and O–H groups in total. The molecule has 3 atom stereocenters. The smallest absolute Gasteiger partial charge is 0.204 e. The van der Waals surface area contributed by atoms with Crippen LogP contribution in [0, 0.1) is 0 Å². The van der Waals surface area contributed by atoms with Crippen molar-refractivity contribution in [2.45, 2.75) is 37.5 Å². The van der Waals surface area contributed by atoms with E-state index >= 15 is 0 Å². The standard InChI is InChI=1S/C37H40N2O7/c1-38-14-13-24-19-32(43-4)36(44-5)37-33(24)27(38)16-21-6-11-28(40)29(17-21)45-25-9-7-22(8-10-25)35(41)34-26-20-31(46-37)30(42-3)18-23(26)12-15-39(34)2/h6-11,17-20,27,34-35,40-41H,12-16H2,1-5H3. The number of aliphatic hydroxyl groups is 1. The molecule has 0 aromatic heterocycles. The van der Waals surface area contributed by atoms with Crippen molar-refractivity contribution in [1.29, 1.82) is 0 Å². The fraction of sp³-hybridized carbons (Fsp3) is 0.351. The lowest BCUT2D eigenvalue weighted by molar-refractivity contribution is 0.0558. The summed E-state index contributed by atoms with van der Waals surface area (Å²) in [6, 6.07) is 18.6. The summed E-state index contributed by atoms with van der Waals surface area (Å²) in [5, 5.41) is 22.6. The molecule has 6 bridgehead atoms. The Morgan fingerprint density at radius 1 is 0.761 bits per heavy atom. The Hall–Kier alpha value is -4.44. The van der Waals surface area contributed by atoms with Gasteiger partial charge in [0.1, 0.15) is 5.75 Å². The molecule has 3 unspecified atom stereocenters. The molecular weight excluding hydrogens is 584 g/mol. The highest BCUT2D eigenvalue weighted by atomic mass is 16.5. The molecule has 0 radical (unpaired) electrons. The number of phenolic OH excluding ortho intramolecular Hbond substituents is 1. The molecule has 4 heterocycles. The largest absolute Gasteiger partial charge is 0.504 e. The maximum absolute atomic E-state index is 11.8. The van der Waals surface area contributed by atoms with Gasteiger partial charge in [0.2, 0.25) is 5.75 Å². The van der Waals surface area contributed by atoms with E-state index in [4.69, 9.17) is 23.7 Å². The molecule has 0 spiro atoms. The van der Waals surface area contributed by atoms with Crippen molar-refractivity contribution >= 4 is 0 Å². The first-order chi connectivity index (χ1) is 22.3. The zero-order valence-electron chi connectivity index (χ0n) is 26.9. The fourth-order valence-electron chi connectivity index (χ4n) is 7.21. The lowest BCUT2D eigenvalue weighted by atomic mass is 9.86. The second kappa shape index (κ2) is 12.1. The van der Waals surface area contributed by atoms with Crippen LogP contribution in [0.15, 0.2) is 60.7 Å². The van der Waals surface area contributed by atoms with Gasteiger partial charge in [-0.25, -0.2) is 0 Å². The van der Waals surface area contributed by atoms with Crippen molar-refractivity contribution in [3.05, 3.63) is 94.0 Å². The molecule has 4 aromatic rings.